The Morgan fingerprint density at radius 1 is 0.231 bits per heavy atom. The second kappa shape index (κ2) is 18.8. The molecule has 0 saturated carbocycles. The topological polar surface area (TPSA) is 0 Å². The Morgan fingerprint density at radius 3 is 0.769 bits per heavy atom. The van der Waals surface area contributed by atoms with Crippen molar-refractivity contribution in [2.24, 2.45) is 0 Å². The molecule has 0 unspecified atom stereocenters. The van der Waals surface area contributed by atoms with Crippen molar-refractivity contribution < 1.29 is 0 Å². The predicted octanol–water partition coefficient (Wildman–Crippen LogP) is 12.3. The fourth-order valence-electron chi connectivity index (χ4n) is 7.31. The summed E-state index contributed by atoms with van der Waals surface area (Å²) >= 11 is 0. The van der Waals surface area contributed by atoms with Gasteiger partial charge in [-0.3, -0.25) is 0 Å². The number of benzene rings is 7. The average Bonchev–Trinajstić information content (AvgIpc) is 3.21. The van der Waals surface area contributed by atoms with Crippen LogP contribution in [-0.2, 0) is 50.3 Å². The van der Waals surface area contributed by atoms with Gasteiger partial charge in [-0.25, -0.2) is 0 Å². The van der Waals surface area contributed by atoms with Crippen LogP contribution < -0.4 is 10.6 Å². The molecule has 52 heavy (non-hydrogen) atoms. The lowest BCUT2D eigenvalue weighted by Gasteiger charge is -2.23. The van der Waals surface area contributed by atoms with Crippen LogP contribution in [0, 0.1) is 0 Å². The first-order chi connectivity index (χ1) is 25.8. The smallest absolute Gasteiger partial charge is 0.00297 e. The summed E-state index contributed by atoms with van der Waals surface area (Å²) in [5.74, 6) is 0. The monoisotopic (exact) mass is 710 g/mol. The van der Waals surface area contributed by atoms with Crippen molar-refractivity contribution in [1.29, 1.82) is 0 Å². The first kappa shape index (κ1) is 35.8. The van der Waals surface area contributed by atoms with Crippen molar-refractivity contribution in [3.8, 4) is 0 Å². The third kappa shape index (κ3) is 10.0. The molecule has 0 aliphatic carbocycles. The van der Waals surface area contributed by atoms with E-state index in [0.29, 0.717) is 0 Å². The van der Waals surface area contributed by atoms with Crippen LogP contribution in [0.15, 0.2) is 194 Å². The van der Waals surface area contributed by atoms with E-state index in [-0.39, 0.29) is 0 Å². The number of hydrogen-bond acceptors (Lipinski definition) is 0. The van der Waals surface area contributed by atoms with Crippen LogP contribution in [0.4, 0.5) is 0 Å². The van der Waals surface area contributed by atoms with Crippen molar-refractivity contribution in [2.75, 3.05) is 0 Å². The van der Waals surface area contributed by atoms with E-state index in [0.717, 1.165) is 50.3 Å². The molecule has 7 rings (SSSR count). The van der Waals surface area contributed by atoms with Crippen molar-refractivity contribution in [1.82, 2.24) is 0 Å². The van der Waals surface area contributed by atoms with E-state index >= 15 is 0 Å². The minimum atomic E-state index is -0.400. The Kier molecular flexibility index (Phi) is 12.9. The van der Waals surface area contributed by atoms with Gasteiger partial charge in [-0.05, 0) is 105 Å². The van der Waals surface area contributed by atoms with E-state index in [4.69, 9.17) is 0 Å². The molecule has 0 heterocycles. The van der Waals surface area contributed by atoms with Crippen molar-refractivity contribution in [3.05, 3.63) is 239 Å². The van der Waals surface area contributed by atoms with E-state index in [1.54, 1.807) is 10.6 Å². The summed E-state index contributed by atoms with van der Waals surface area (Å²) in [7, 11) is -0.800. The highest BCUT2D eigenvalue weighted by Gasteiger charge is 2.19. The molecule has 0 saturated heterocycles. The van der Waals surface area contributed by atoms with Gasteiger partial charge < -0.3 is 0 Å². The highest BCUT2D eigenvalue weighted by molar-refractivity contribution is 7.64. The summed E-state index contributed by atoms with van der Waals surface area (Å²) in [5.41, 5.74) is 11.7. The zero-order chi connectivity index (χ0) is 35.2. The molecule has 0 fully saturated rings. The summed E-state index contributed by atoms with van der Waals surface area (Å²) in [4.78, 5) is 0. The molecule has 0 nitrogen and oxygen atoms in total. The molecule has 7 aromatic carbocycles. The van der Waals surface area contributed by atoms with E-state index in [9.17, 15) is 0 Å². The lowest BCUT2D eigenvalue weighted by molar-refractivity contribution is 0.898. The molecular formula is C50H48P2. The standard InChI is InChI=1S/C50H48P2/c1-5-19-41(20-6-1)37-51(38-42-21-7-2-8-22-42)49-31-17-15-29-47(49)35-33-45-27-13-14-28-46(45)34-36-48-30-16-18-32-50(48)52(39-43-23-9-3-10-24-43)40-44-25-11-4-12-26-44/h1-32H,33-40H2. The molecule has 0 aromatic heterocycles. The van der Waals surface area contributed by atoms with Gasteiger partial charge in [0.1, 0.15) is 0 Å². The molecule has 0 atom stereocenters. The van der Waals surface area contributed by atoms with Crippen molar-refractivity contribution in [2.45, 2.75) is 50.3 Å². The molecule has 0 aliphatic heterocycles. The summed E-state index contributed by atoms with van der Waals surface area (Å²) in [6.07, 6.45) is 8.67. The molecule has 258 valence electrons. The molecule has 2 heteroatoms. The lowest BCUT2D eigenvalue weighted by Crippen LogP contribution is -2.13. The number of aryl methyl sites for hydroxylation is 4. The maximum Gasteiger partial charge on any atom is -0.00297 e. The van der Waals surface area contributed by atoms with Gasteiger partial charge in [0.05, 0.1) is 0 Å². The minimum Gasteiger partial charge on any atom is -0.0661 e. The van der Waals surface area contributed by atoms with Gasteiger partial charge in [0.15, 0.2) is 0 Å². The fraction of sp³-hybridized carbons (Fsp3) is 0.160. The van der Waals surface area contributed by atoms with Crippen molar-refractivity contribution >= 4 is 26.5 Å². The zero-order valence-corrected chi connectivity index (χ0v) is 31.8. The molecular weight excluding hydrogens is 662 g/mol. The highest BCUT2D eigenvalue weighted by Crippen LogP contribution is 2.45. The largest absolute Gasteiger partial charge is 0.0661 e. The number of rotatable bonds is 16. The van der Waals surface area contributed by atoms with Gasteiger partial charge >= 0.3 is 0 Å². The zero-order valence-electron chi connectivity index (χ0n) is 30.0. The van der Waals surface area contributed by atoms with Gasteiger partial charge in [0, 0.05) is 0 Å². The van der Waals surface area contributed by atoms with Gasteiger partial charge in [0.25, 0.3) is 0 Å². The van der Waals surface area contributed by atoms with E-state index < -0.39 is 15.8 Å². The summed E-state index contributed by atoms with van der Waals surface area (Å²) in [6, 6.07) is 72.1. The third-order valence-electron chi connectivity index (χ3n) is 9.98. The Balaban J connectivity index is 1.09. The molecule has 0 aliphatic rings. The van der Waals surface area contributed by atoms with E-state index in [2.05, 4.69) is 194 Å². The second-order valence-electron chi connectivity index (χ2n) is 13.7. The Bertz CT molecular complexity index is 1860. The minimum absolute atomic E-state index is 0.400. The molecule has 0 N–H and O–H groups in total. The van der Waals surface area contributed by atoms with Gasteiger partial charge in [-0.15, -0.1) is 0 Å². The first-order valence-electron chi connectivity index (χ1n) is 18.7. The third-order valence-corrected chi connectivity index (χ3v) is 15.2. The summed E-state index contributed by atoms with van der Waals surface area (Å²) in [5, 5.41) is 3.11. The second-order valence-corrected chi connectivity index (χ2v) is 18.1. The molecule has 0 amide bonds. The quantitative estimate of drug-likeness (QED) is 0.0876. The van der Waals surface area contributed by atoms with Gasteiger partial charge in [-0.2, -0.15) is 0 Å². The van der Waals surface area contributed by atoms with Crippen LogP contribution >= 0.6 is 15.8 Å². The SMILES string of the molecule is c1ccc(CP(Cc2ccccc2)c2ccccc2CCc2ccccc2CCc2ccccc2P(Cc2ccccc2)Cc2ccccc2)cc1. The Labute approximate surface area is 314 Å². The molecule has 0 radical (unpaired) electrons. The van der Waals surface area contributed by atoms with Crippen molar-refractivity contribution in [3.63, 3.8) is 0 Å². The van der Waals surface area contributed by atoms with Crippen LogP contribution in [0.2, 0.25) is 0 Å². The first-order valence-corrected chi connectivity index (χ1v) is 22.1. The molecule has 0 bridgehead atoms. The van der Waals surface area contributed by atoms with Crippen LogP contribution in [-0.4, -0.2) is 0 Å². The average molecular weight is 711 g/mol. The maximum atomic E-state index is 2.42. The van der Waals surface area contributed by atoms with Gasteiger partial charge in [-0.1, -0.05) is 210 Å². The van der Waals surface area contributed by atoms with Crippen LogP contribution in [0.3, 0.4) is 0 Å². The Hall–Kier alpha value is -4.60. The highest BCUT2D eigenvalue weighted by atomic mass is 31.1. The van der Waals surface area contributed by atoms with E-state index in [1.165, 1.54) is 44.5 Å². The lowest BCUT2D eigenvalue weighted by atomic mass is 9.95. The normalized spacial score (nSPS) is 11.3. The summed E-state index contributed by atoms with van der Waals surface area (Å²) in [6.45, 7) is 0. The summed E-state index contributed by atoms with van der Waals surface area (Å²) < 4.78 is 0. The molecule has 0 spiro atoms. The van der Waals surface area contributed by atoms with Crippen LogP contribution in [0.25, 0.3) is 0 Å². The van der Waals surface area contributed by atoms with E-state index in [1.807, 2.05) is 0 Å². The molecule has 7 aromatic rings. The predicted molar refractivity (Wildman–Crippen MR) is 228 cm³/mol. The van der Waals surface area contributed by atoms with Gasteiger partial charge in [0.2, 0.25) is 0 Å². The van der Waals surface area contributed by atoms with Crippen LogP contribution in [0.1, 0.15) is 44.5 Å². The Morgan fingerprint density at radius 2 is 0.462 bits per heavy atom. The fourth-order valence-corrected chi connectivity index (χ4v) is 12.6. The van der Waals surface area contributed by atoms with Crippen LogP contribution in [0.5, 0.6) is 0 Å². The maximum absolute atomic E-state index is 2.42. The number of hydrogen-bond donors (Lipinski definition) is 0.